The molecule has 3 aromatic heterocycles. The number of aromatic nitrogens is 5. The Hall–Kier alpha value is -2.50. The highest BCUT2D eigenvalue weighted by Crippen LogP contribution is 2.24. The summed E-state index contributed by atoms with van der Waals surface area (Å²) in [6.07, 6.45) is 5.24. The first kappa shape index (κ1) is 16.4. The number of nitrogens with zero attached hydrogens (tertiary/aromatic N) is 5. The minimum atomic E-state index is -0.275. The Kier molecular flexibility index (Phi) is 3.99. The smallest absolute Gasteiger partial charge is 0.265 e. The average Bonchev–Trinajstić information content (AvgIpc) is 2.96. The molecule has 3 rings (SSSR count). The van der Waals surface area contributed by atoms with Crippen LogP contribution in [-0.4, -0.2) is 24.5 Å². The van der Waals surface area contributed by atoms with E-state index < -0.39 is 0 Å². The molecule has 3 heterocycles. The molecular formula is C18H23N5O. The van der Waals surface area contributed by atoms with Gasteiger partial charge in [-0.25, -0.2) is 4.68 Å². The molecule has 0 saturated heterocycles. The van der Waals surface area contributed by atoms with Gasteiger partial charge in [-0.2, -0.15) is 10.2 Å². The van der Waals surface area contributed by atoms with Crippen LogP contribution in [0.15, 0.2) is 35.5 Å². The van der Waals surface area contributed by atoms with Gasteiger partial charge in [-0.1, -0.05) is 19.9 Å². The first-order valence-electron chi connectivity index (χ1n) is 8.17. The molecule has 0 spiro atoms. The largest absolute Gasteiger partial charge is 0.293 e. The van der Waals surface area contributed by atoms with Crippen LogP contribution in [0.4, 0.5) is 0 Å². The fourth-order valence-electron chi connectivity index (χ4n) is 2.80. The van der Waals surface area contributed by atoms with Crippen LogP contribution in [0.1, 0.15) is 51.8 Å². The van der Waals surface area contributed by atoms with Gasteiger partial charge in [0.1, 0.15) is 5.52 Å². The lowest BCUT2D eigenvalue weighted by atomic mass is 10.1. The quantitative estimate of drug-likeness (QED) is 0.742. The molecule has 6 heteroatoms. The molecule has 0 fully saturated rings. The highest BCUT2D eigenvalue weighted by atomic mass is 16.1. The maximum absolute atomic E-state index is 13.1. The summed E-state index contributed by atoms with van der Waals surface area (Å²) >= 11 is 0. The van der Waals surface area contributed by atoms with E-state index in [0.29, 0.717) is 12.1 Å². The number of hydrogen-bond acceptors (Lipinski definition) is 4. The zero-order valence-electron chi connectivity index (χ0n) is 14.8. The van der Waals surface area contributed by atoms with E-state index in [-0.39, 0.29) is 17.0 Å². The molecule has 0 aromatic carbocycles. The monoisotopic (exact) mass is 325 g/mol. The first-order valence-corrected chi connectivity index (χ1v) is 8.17. The van der Waals surface area contributed by atoms with Gasteiger partial charge in [-0.3, -0.25) is 14.5 Å². The van der Waals surface area contributed by atoms with Crippen LogP contribution >= 0.6 is 0 Å². The van der Waals surface area contributed by atoms with Crippen molar-refractivity contribution in [1.29, 1.82) is 0 Å². The molecular weight excluding hydrogens is 302 g/mol. The van der Waals surface area contributed by atoms with Crippen molar-refractivity contribution in [3.05, 3.63) is 52.3 Å². The fourth-order valence-corrected chi connectivity index (χ4v) is 2.80. The van der Waals surface area contributed by atoms with E-state index in [2.05, 4.69) is 29.0 Å². The number of rotatable bonds is 3. The van der Waals surface area contributed by atoms with Gasteiger partial charge in [0.2, 0.25) is 0 Å². The molecule has 24 heavy (non-hydrogen) atoms. The predicted molar refractivity (Wildman–Crippen MR) is 94.2 cm³/mol. The van der Waals surface area contributed by atoms with Crippen molar-refractivity contribution in [3.8, 4) is 0 Å². The van der Waals surface area contributed by atoms with Crippen LogP contribution < -0.4 is 5.56 Å². The lowest BCUT2D eigenvalue weighted by Crippen LogP contribution is -2.31. The standard InChI is InChI=1S/C18H23N5O/c1-12(2)15-14-10-20-23(18(3,4)5)16(14)17(24)22(21-15)11-13-7-6-8-19-9-13/h6-10,12H,11H2,1-5H3. The summed E-state index contributed by atoms with van der Waals surface area (Å²) < 4.78 is 3.33. The van der Waals surface area contributed by atoms with Crippen LogP contribution in [0.3, 0.4) is 0 Å². The summed E-state index contributed by atoms with van der Waals surface area (Å²) in [5.41, 5.74) is 2.06. The summed E-state index contributed by atoms with van der Waals surface area (Å²) in [7, 11) is 0. The Balaban J connectivity index is 2.27. The van der Waals surface area contributed by atoms with Gasteiger partial charge in [0.25, 0.3) is 5.56 Å². The maximum Gasteiger partial charge on any atom is 0.293 e. The summed E-state index contributed by atoms with van der Waals surface area (Å²) in [5.74, 6) is 0.200. The van der Waals surface area contributed by atoms with Crippen LogP contribution in [-0.2, 0) is 12.1 Å². The summed E-state index contributed by atoms with van der Waals surface area (Å²) in [6.45, 7) is 10.7. The van der Waals surface area contributed by atoms with Gasteiger partial charge in [0.15, 0.2) is 0 Å². The van der Waals surface area contributed by atoms with Crippen molar-refractivity contribution in [2.24, 2.45) is 0 Å². The molecule has 0 aliphatic carbocycles. The molecule has 0 amide bonds. The van der Waals surface area contributed by atoms with E-state index in [0.717, 1.165) is 16.6 Å². The Bertz CT molecular complexity index is 916. The van der Waals surface area contributed by atoms with Gasteiger partial charge in [0, 0.05) is 17.8 Å². The zero-order valence-corrected chi connectivity index (χ0v) is 14.8. The van der Waals surface area contributed by atoms with Crippen molar-refractivity contribution in [1.82, 2.24) is 24.5 Å². The van der Waals surface area contributed by atoms with Gasteiger partial charge in [-0.15, -0.1) is 0 Å². The summed E-state index contributed by atoms with van der Waals surface area (Å²) in [5, 5.41) is 9.92. The Labute approximate surface area is 141 Å². The third kappa shape index (κ3) is 2.84. The van der Waals surface area contributed by atoms with Crippen molar-refractivity contribution in [2.45, 2.75) is 52.6 Å². The molecule has 0 bridgehead atoms. The molecule has 0 unspecified atom stereocenters. The van der Waals surface area contributed by atoms with Crippen molar-refractivity contribution in [3.63, 3.8) is 0 Å². The molecule has 0 saturated carbocycles. The van der Waals surface area contributed by atoms with E-state index in [1.807, 2.05) is 32.9 Å². The van der Waals surface area contributed by atoms with Gasteiger partial charge in [0.05, 0.1) is 24.0 Å². The molecule has 3 aromatic rings. The number of pyridine rings is 1. The minimum absolute atomic E-state index is 0.120. The number of fused-ring (bicyclic) bond motifs is 1. The highest BCUT2D eigenvalue weighted by molar-refractivity contribution is 5.80. The molecule has 0 radical (unpaired) electrons. The summed E-state index contributed by atoms with van der Waals surface area (Å²) in [6, 6.07) is 3.81. The minimum Gasteiger partial charge on any atom is -0.265 e. The lowest BCUT2D eigenvalue weighted by molar-refractivity contribution is 0.366. The van der Waals surface area contributed by atoms with Gasteiger partial charge in [-0.05, 0) is 38.3 Å². The third-order valence-electron chi connectivity index (χ3n) is 3.95. The topological polar surface area (TPSA) is 65.6 Å². The third-order valence-corrected chi connectivity index (χ3v) is 3.95. The van der Waals surface area contributed by atoms with E-state index in [1.165, 1.54) is 4.68 Å². The highest BCUT2D eigenvalue weighted by Gasteiger charge is 2.23. The molecule has 0 atom stereocenters. The van der Waals surface area contributed by atoms with Crippen molar-refractivity contribution < 1.29 is 0 Å². The van der Waals surface area contributed by atoms with Gasteiger partial charge >= 0.3 is 0 Å². The Morgan fingerprint density at radius 1 is 1.21 bits per heavy atom. The van der Waals surface area contributed by atoms with E-state index in [1.54, 1.807) is 23.3 Å². The van der Waals surface area contributed by atoms with Gasteiger partial charge < -0.3 is 0 Å². The molecule has 126 valence electrons. The van der Waals surface area contributed by atoms with Crippen LogP contribution in [0.5, 0.6) is 0 Å². The average molecular weight is 325 g/mol. The fraction of sp³-hybridized carbons (Fsp3) is 0.444. The lowest BCUT2D eigenvalue weighted by Gasteiger charge is -2.21. The van der Waals surface area contributed by atoms with E-state index in [4.69, 9.17) is 0 Å². The molecule has 0 aliphatic heterocycles. The second-order valence-electron chi connectivity index (χ2n) is 7.35. The van der Waals surface area contributed by atoms with Crippen LogP contribution in [0.2, 0.25) is 0 Å². The van der Waals surface area contributed by atoms with Crippen LogP contribution in [0.25, 0.3) is 10.9 Å². The summed E-state index contributed by atoms with van der Waals surface area (Å²) in [4.78, 5) is 17.2. The normalized spacial score (nSPS) is 12.2. The maximum atomic E-state index is 13.1. The first-order chi connectivity index (χ1) is 11.3. The SMILES string of the molecule is CC(C)c1nn(Cc2cccnc2)c(=O)c2c1cnn2C(C)(C)C. The second-order valence-corrected chi connectivity index (χ2v) is 7.35. The Morgan fingerprint density at radius 2 is 1.96 bits per heavy atom. The molecule has 6 nitrogen and oxygen atoms in total. The number of hydrogen-bond donors (Lipinski definition) is 0. The van der Waals surface area contributed by atoms with Crippen molar-refractivity contribution >= 4 is 10.9 Å². The van der Waals surface area contributed by atoms with Crippen LogP contribution in [0, 0.1) is 0 Å². The Morgan fingerprint density at radius 3 is 2.54 bits per heavy atom. The molecule has 0 N–H and O–H groups in total. The zero-order chi connectivity index (χ0) is 17.5. The molecule has 0 aliphatic rings. The second kappa shape index (κ2) is 5.85. The van der Waals surface area contributed by atoms with E-state index >= 15 is 0 Å². The predicted octanol–water partition coefficient (Wildman–Crippen LogP) is 2.91. The van der Waals surface area contributed by atoms with E-state index in [9.17, 15) is 4.79 Å². The van der Waals surface area contributed by atoms with Crippen molar-refractivity contribution in [2.75, 3.05) is 0 Å².